The Kier molecular flexibility index (Phi) is 6.11. The lowest BCUT2D eigenvalue weighted by Crippen LogP contribution is -2.32. The Morgan fingerprint density at radius 2 is 1.54 bits per heavy atom. The van der Waals surface area contributed by atoms with E-state index in [0.717, 1.165) is 10.5 Å². The molecule has 0 bridgehead atoms. The molecule has 0 atom stereocenters. The smallest absolute Gasteiger partial charge is 0.264 e. The van der Waals surface area contributed by atoms with Gasteiger partial charge in [0.05, 0.1) is 33.3 Å². The van der Waals surface area contributed by atoms with Crippen LogP contribution in [0.4, 0.5) is 5.69 Å². The van der Waals surface area contributed by atoms with E-state index >= 15 is 0 Å². The fourth-order valence-corrected chi connectivity index (χ4v) is 5.14. The highest BCUT2D eigenvalue weighted by Crippen LogP contribution is 2.36. The van der Waals surface area contributed by atoms with Gasteiger partial charge in [0.2, 0.25) is 0 Å². The first-order chi connectivity index (χ1) is 16.3. The van der Waals surface area contributed by atoms with Crippen molar-refractivity contribution in [2.45, 2.75) is 44.6 Å². The molecule has 0 saturated heterocycles. The lowest BCUT2D eigenvalue weighted by Gasteiger charge is -2.19. The number of fused-ring (bicyclic) bond motifs is 1. The number of anilines is 1. The maximum absolute atomic E-state index is 13.2. The third-order valence-electron chi connectivity index (χ3n) is 5.81. The molecular weight excluding hydrogens is 490 g/mol. The predicted octanol–water partition coefficient (Wildman–Crippen LogP) is 4.23. The largest absolute Gasteiger partial charge is 0.326 e. The molecule has 8 nitrogen and oxygen atoms in total. The van der Waals surface area contributed by atoms with E-state index in [2.05, 4.69) is 9.71 Å². The Labute approximate surface area is 208 Å². The van der Waals surface area contributed by atoms with Crippen molar-refractivity contribution < 1.29 is 18.0 Å². The highest BCUT2D eigenvalue weighted by Gasteiger charge is 2.40. The van der Waals surface area contributed by atoms with Crippen molar-refractivity contribution >= 4 is 39.1 Å². The monoisotopic (exact) mass is 513 g/mol. The van der Waals surface area contributed by atoms with Crippen LogP contribution in [0.5, 0.6) is 0 Å². The predicted molar refractivity (Wildman–Crippen MR) is 133 cm³/mol. The van der Waals surface area contributed by atoms with Gasteiger partial charge in [-0.1, -0.05) is 44.5 Å². The van der Waals surface area contributed by atoms with Crippen molar-refractivity contribution in [2.75, 3.05) is 4.72 Å². The van der Waals surface area contributed by atoms with E-state index in [0.29, 0.717) is 5.69 Å². The minimum atomic E-state index is -4.07. The van der Waals surface area contributed by atoms with E-state index in [9.17, 15) is 22.8 Å². The third kappa shape index (κ3) is 4.61. The van der Waals surface area contributed by atoms with Crippen molar-refractivity contribution in [1.82, 2.24) is 9.88 Å². The number of aryl methyl sites for hydroxylation is 1. The van der Waals surface area contributed by atoms with Crippen LogP contribution in [0.2, 0.25) is 5.02 Å². The normalized spacial score (nSPS) is 13.8. The number of nitrogens with zero attached hydrogens (tertiary/aromatic N) is 1. The zero-order valence-corrected chi connectivity index (χ0v) is 21.2. The summed E-state index contributed by atoms with van der Waals surface area (Å²) < 4.78 is 28.6. The number of benzene rings is 2. The summed E-state index contributed by atoms with van der Waals surface area (Å²) in [7, 11) is -4.07. The Balaban J connectivity index is 1.69. The van der Waals surface area contributed by atoms with Crippen LogP contribution in [0.1, 0.15) is 58.3 Å². The van der Waals surface area contributed by atoms with E-state index in [1.807, 2.05) is 20.8 Å². The molecule has 2 N–H and O–H groups in total. The number of aromatic amines is 1. The van der Waals surface area contributed by atoms with Gasteiger partial charge < -0.3 is 4.98 Å². The molecule has 0 fully saturated rings. The number of H-pyrrole nitrogens is 1. The summed E-state index contributed by atoms with van der Waals surface area (Å²) in [5.41, 5.74) is 0.909. The highest BCUT2D eigenvalue weighted by molar-refractivity contribution is 7.92. The lowest BCUT2D eigenvalue weighted by molar-refractivity contribution is 0.0642. The van der Waals surface area contributed by atoms with Crippen LogP contribution >= 0.6 is 11.6 Å². The minimum Gasteiger partial charge on any atom is -0.326 e. The number of aromatic nitrogens is 1. The van der Waals surface area contributed by atoms with Crippen molar-refractivity contribution in [1.29, 1.82) is 0 Å². The molecule has 0 spiro atoms. The third-order valence-corrected chi connectivity index (χ3v) is 7.51. The second-order valence-electron chi connectivity index (χ2n) is 9.42. The van der Waals surface area contributed by atoms with Gasteiger partial charge in [-0.3, -0.25) is 24.0 Å². The summed E-state index contributed by atoms with van der Waals surface area (Å²) in [5, 5.41) is 0.0103. The number of hydrogen-bond donors (Lipinski definition) is 2. The van der Waals surface area contributed by atoms with Crippen LogP contribution in [0.3, 0.4) is 0 Å². The molecule has 2 amide bonds. The average molecular weight is 514 g/mol. The van der Waals surface area contributed by atoms with Gasteiger partial charge in [0.15, 0.2) is 0 Å². The molecular formula is C25H24ClN3O5S. The summed E-state index contributed by atoms with van der Waals surface area (Å²) in [6, 6.07) is 12.3. The molecule has 35 heavy (non-hydrogen) atoms. The maximum Gasteiger partial charge on any atom is 0.264 e. The minimum absolute atomic E-state index is 0.00835. The van der Waals surface area contributed by atoms with Crippen molar-refractivity contribution in [3.05, 3.63) is 91.9 Å². The van der Waals surface area contributed by atoms with Gasteiger partial charge in [-0.15, -0.1) is 0 Å². The zero-order valence-electron chi connectivity index (χ0n) is 19.6. The summed E-state index contributed by atoms with van der Waals surface area (Å²) in [5.74, 6) is -1.45. The average Bonchev–Trinajstić information content (AvgIpc) is 3.03. The number of imide groups is 1. The standard InChI is InChI=1S/C25H24ClN3O5S/c1-14-5-6-15(22(30)27-14)13-29-23(31)20-18(26)11-12-19(21(20)24(29)32)28-35(33,34)17-9-7-16(8-10-17)25(2,3)4/h5-12,28H,13H2,1-4H3,(H,27,30). The van der Waals surface area contributed by atoms with Gasteiger partial charge in [-0.25, -0.2) is 8.42 Å². The number of halogens is 1. The number of nitrogens with one attached hydrogen (secondary N) is 2. The number of pyridine rings is 1. The summed E-state index contributed by atoms with van der Waals surface area (Å²) in [6.45, 7) is 7.49. The van der Waals surface area contributed by atoms with Crippen LogP contribution in [0, 0.1) is 6.92 Å². The Bertz CT molecular complexity index is 1520. The molecule has 2 heterocycles. The fourth-order valence-electron chi connectivity index (χ4n) is 3.83. The van der Waals surface area contributed by atoms with Gasteiger partial charge in [0.1, 0.15) is 0 Å². The zero-order chi connectivity index (χ0) is 25.7. The fraction of sp³-hybridized carbons (Fsp3) is 0.240. The number of carbonyl (C=O) groups is 2. The van der Waals surface area contributed by atoms with Crippen LogP contribution in [0.15, 0.2) is 58.2 Å². The first-order valence-corrected chi connectivity index (χ1v) is 12.7. The molecule has 0 radical (unpaired) electrons. The first kappa shape index (κ1) is 24.7. The number of hydrogen-bond acceptors (Lipinski definition) is 5. The SMILES string of the molecule is Cc1ccc(CN2C(=O)c3c(Cl)ccc(NS(=O)(=O)c4ccc(C(C)(C)C)cc4)c3C2=O)c(=O)[nH]1. The number of rotatable bonds is 5. The van der Waals surface area contributed by atoms with Crippen LogP contribution in [-0.4, -0.2) is 30.1 Å². The van der Waals surface area contributed by atoms with Gasteiger partial charge in [-0.05, 0) is 54.3 Å². The van der Waals surface area contributed by atoms with E-state index in [-0.39, 0.29) is 44.3 Å². The molecule has 10 heteroatoms. The topological polar surface area (TPSA) is 116 Å². The lowest BCUT2D eigenvalue weighted by atomic mass is 9.87. The van der Waals surface area contributed by atoms with Crippen molar-refractivity contribution in [3.63, 3.8) is 0 Å². The second kappa shape index (κ2) is 8.66. The molecule has 0 unspecified atom stereocenters. The Morgan fingerprint density at radius 1 is 0.914 bits per heavy atom. The second-order valence-corrected chi connectivity index (χ2v) is 11.5. The number of amides is 2. The quantitative estimate of drug-likeness (QED) is 0.495. The molecule has 1 aliphatic heterocycles. The first-order valence-electron chi connectivity index (χ1n) is 10.8. The van der Waals surface area contributed by atoms with Crippen molar-refractivity contribution in [2.24, 2.45) is 0 Å². The number of carbonyl (C=O) groups excluding carboxylic acids is 2. The Hall–Kier alpha value is -3.43. The molecule has 182 valence electrons. The molecule has 2 aromatic carbocycles. The molecule has 1 aliphatic rings. The maximum atomic E-state index is 13.2. The molecule has 1 aromatic heterocycles. The summed E-state index contributed by atoms with van der Waals surface area (Å²) in [4.78, 5) is 42.1. The van der Waals surface area contributed by atoms with E-state index in [4.69, 9.17) is 11.6 Å². The molecule has 0 aliphatic carbocycles. The highest BCUT2D eigenvalue weighted by atomic mass is 35.5. The van der Waals surface area contributed by atoms with E-state index in [1.165, 1.54) is 30.3 Å². The molecule has 0 saturated carbocycles. The summed E-state index contributed by atoms with van der Waals surface area (Å²) in [6.07, 6.45) is 0. The van der Waals surface area contributed by atoms with Gasteiger partial charge >= 0.3 is 0 Å². The molecule has 3 aromatic rings. The van der Waals surface area contributed by atoms with Gasteiger partial charge in [-0.2, -0.15) is 0 Å². The van der Waals surface area contributed by atoms with Crippen molar-refractivity contribution in [3.8, 4) is 0 Å². The molecule has 4 rings (SSSR count). The number of sulfonamides is 1. The van der Waals surface area contributed by atoms with Gasteiger partial charge in [0, 0.05) is 11.3 Å². The Morgan fingerprint density at radius 3 is 2.14 bits per heavy atom. The van der Waals surface area contributed by atoms with E-state index < -0.39 is 27.4 Å². The van der Waals surface area contributed by atoms with Crippen LogP contribution in [-0.2, 0) is 22.0 Å². The van der Waals surface area contributed by atoms with Gasteiger partial charge in [0.25, 0.3) is 27.4 Å². The summed E-state index contributed by atoms with van der Waals surface area (Å²) >= 11 is 6.23. The van der Waals surface area contributed by atoms with Crippen LogP contribution < -0.4 is 10.3 Å². The van der Waals surface area contributed by atoms with E-state index in [1.54, 1.807) is 25.1 Å². The van der Waals surface area contributed by atoms with Crippen LogP contribution in [0.25, 0.3) is 0 Å².